The molecule has 1 aromatic rings. The number of nitriles is 1. The van der Waals surface area contributed by atoms with Crippen LogP contribution in [0.5, 0.6) is 0 Å². The van der Waals surface area contributed by atoms with Crippen LogP contribution in [0.4, 0.5) is 0 Å². The number of nitrogens with one attached hydrogen (secondary N) is 1. The predicted octanol–water partition coefficient (Wildman–Crippen LogP) is 2.85. The lowest BCUT2D eigenvalue weighted by molar-refractivity contribution is -0.122. The van der Waals surface area contributed by atoms with Crippen molar-refractivity contribution < 1.29 is 9.53 Å². The van der Waals surface area contributed by atoms with E-state index in [1.54, 1.807) is 12.1 Å². The van der Waals surface area contributed by atoms with Crippen LogP contribution in [-0.4, -0.2) is 43.7 Å². The van der Waals surface area contributed by atoms with Crippen LogP contribution in [0, 0.1) is 11.3 Å². The zero-order valence-corrected chi connectivity index (χ0v) is 15.2. The molecule has 1 aliphatic carbocycles. The van der Waals surface area contributed by atoms with Crippen LogP contribution in [0.2, 0.25) is 0 Å². The molecule has 0 aliphatic heterocycles. The summed E-state index contributed by atoms with van der Waals surface area (Å²) in [4.78, 5) is 13.9. The van der Waals surface area contributed by atoms with Crippen LogP contribution < -0.4 is 5.32 Å². The maximum absolute atomic E-state index is 12.0. The molecular weight excluding hydrogens is 314 g/mol. The van der Waals surface area contributed by atoms with E-state index in [0.29, 0.717) is 31.3 Å². The van der Waals surface area contributed by atoms with E-state index in [1.807, 2.05) is 24.1 Å². The smallest absolute Gasteiger partial charge is 0.234 e. The van der Waals surface area contributed by atoms with Gasteiger partial charge < -0.3 is 10.1 Å². The predicted molar refractivity (Wildman–Crippen MR) is 97.9 cm³/mol. The average molecular weight is 343 g/mol. The van der Waals surface area contributed by atoms with Gasteiger partial charge in [0, 0.05) is 19.7 Å². The Morgan fingerprint density at radius 2 is 2.00 bits per heavy atom. The van der Waals surface area contributed by atoms with E-state index in [-0.39, 0.29) is 5.91 Å². The monoisotopic (exact) mass is 343 g/mol. The Hall–Kier alpha value is -1.90. The molecular formula is C20H29N3O2. The minimum Gasteiger partial charge on any atom is -0.378 e. The fourth-order valence-corrected chi connectivity index (χ4v) is 3.14. The molecule has 5 heteroatoms. The van der Waals surface area contributed by atoms with Gasteiger partial charge in [-0.3, -0.25) is 9.69 Å². The lowest BCUT2D eigenvalue weighted by Crippen LogP contribution is -2.35. The lowest BCUT2D eigenvalue weighted by Gasteiger charge is -2.22. The van der Waals surface area contributed by atoms with Crippen molar-refractivity contribution in [2.24, 2.45) is 0 Å². The van der Waals surface area contributed by atoms with Crippen LogP contribution in [0.1, 0.15) is 49.7 Å². The zero-order valence-electron chi connectivity index (χ0n) is 15.2. The van der Waals surface area contributed by atoms with Gasteiger partial charge in [-0.2, -0.15) is 5.26 Å². The zero-order chi connectivity index (χ0) is 17.9. The molecule has 0 saturated heterocycles. The van der Waals surface area contributed by atoms with Gasteiger partial charge in [0.15, 0.2) is 0 Å². The Bertz CT molecular complexity index is 559. The van der Waals surface area contributed by atoms with Crippen molar-refractivity contribution >= 4 is 5.91 Å². The third-order valence-electron chi connectivity index (χ3n) is 4.50. The Labute approximate surface area is 151 Å². The van der Waals surface area contributed by atoms with Gasteiger partial charge in [0.25, 0.3) is 0 Å². The first-order valence-electron chi connectivity index (χ1n) is 9.23. The molecule has 136 valence electrons. The number of hydrogen-bond donors (Lipinski definition) is 1. The molecule has 0 spiro atoms. The SMILES string of the molecule is CN(CC(=O)NCCCOC1CCCCC1)Cc1ccc(C#N)cc1. The molecule has 1 aromatic carbocycles. The van der Waals surface area contributed by atoms with E-state index in [9.17, 15) is 4.79 Å². The molecule has 0 bridgehead atoms. The first-order valence-corrected chi connectivity index (χ1v) is 9.23. The van der Waals surface area contributed by atoms with Gasteiger partial charge in [-0.1, -0.05) is 31.4 Å². The summed E-state index contributed by atoms with van der Waals surface area (Å²) in [5, 5.41) is 11.8. The number of carbonyl (C=O) groups excluding carboxylic acids is 1. The lowest BCUT2D eigenvalue weighted by atomic mass is 9.98. The number of carbonyl (C=O) groups is 1. The molecule has 1 fully saturated rings. The fourth-order valence-electron chi connectivity index (χ4n) is 3.14. The van der Waals surface area contributed by atoms with E-state index in [0.717, 1.165) is 18.6 Å². The Morgan fingerprint density at radius 1 is 1.28 bits per heavy atom. The summed E-state index contributed by atoms with van der Waals surface area (Å²) in [7, 11) is 1.92. The molecule has 1 saturated carbocycles. The van der Waals surface area contributed by atoms with Crippen molar-refractivity contribution in [3.63, 3.8) is 0 Å². The summed E-state index contributed by atoms with van der Waals surface area (Å²) in [6, 6.07) is 9.56. The highest BCUT2D eigenvalue weighted by molar-refractivity contribution is 5.77. The van der Waals surface area contributed by atoms with Gasteiger partial charge in [-0.15, -0.1) is 0 Å². The molecule has 0 aromatic heterocycles. The van der Waals surface area contributed by atoms with Gasteiger partial charge in [-0.25, -0.2) is 0 Å². The largest absolute Gasteiger partial charge is 0.378 e. The molecule has 0 radical (unpaired) electrons. The number of amides is 1. The number of likely N-dealkylation sites (N-methyl/N-ethyl adjacent to an activating group) is 1. The highest BCUT2D eigenvalue weighted by atomic mass is 16.5. The second kappa shape index (κ2) is 10.9. The average Bonchev–Trinajstić information content (AvgIpc) is 2.63. The molecule has 1 amide bonds. The van der Waals surface area contributed by atoms with Crippen LogP contribution in [0.3, 0.4) is 0 Å². The van der Waals surface area contributed by atoms with Crippen molar-refractivity contribution in [3.05, 3.63) is 35.4 Å². The Morgan fingerprint density at radius 3 is 2.68 bits per heavy atom. The van der Waals surface area contributed by atoms with Gasteiger partial charge in [0.05, 0.1) is 24.3 Å². The first-order chi connectivity index (χ1) is 12.2. The summed E-state index contributed by atoms with van der Waals surface area (Å²) in [6.07, 6.45) is 7.58. The molecule has 5 nitrogen and oxygen atoms in total. The summed E-state index contributed by atoms with van der Waals surface area (Å²) < 4.78 is 5.86. The number of rotatable bonds is 9. The second-order valence-electron chi connectivity index (χ2n) is 6.82. The van der Waals surface area contributed by atoms with Crippen LogP contribution in [-0.2, 0) is 16.1 Å². The van der Waals surface area contributed by atoms with Crippen LogP contribution >= 0.6 is 0 Å². The number of benzene rings is 1. The third-order valence-corrected chi connectivity index (χ3v) is 4.50. The van der Waals surface area contributed by atoms with E-state index in [2.05, 4.69) is 11.4 Å². The minimum absolute atomic E-state index is 0.0359. The molecule has 2 rings (SSSR count). The number of nitrogens with zero attached hydrogens (tertiary/aromatic N) is 2. The van der Waals surface area contributed by atoms with E-state index < -0.39 is 0 Å². The molecule has 1 N–H and O–H groups in total. The Balaban J connectivity index is 1.55. The summed E-state index contributed by atoms with van der Waals surface area (Å²) in [5.74, 6) is 0.0359. The van der Waals surface area contributed by atoms with Crippen molar-refractivity contribution in [3.8, 4) is 6.07 Å². The normalized spacial score (nSPS) is 15.1. The maximum atomic E-state index is 12.0. The van der Waals surface area contributed by atoms with E-state index >= 15 is 0 Å². The summed E-state index contributed by atoms with van der Waals surface area (Å²) >= 11 is 0. The van der Waals surface area contributed by atoms with E-state index in [1.165, 1.54) is 32.1 Å². The highest BCUT2D eigenvalue weighted by Gasteiger charge is 2.13. The van der Waals surface area contributed by atoms with Crippen molar-refractivity contribution in [1.82, 2.24) is 10.2 Å². The molecule has 0 unspecified atom stereocenters. The van der Waals surface area contributed by atoms with Crippen LogP contribution in [0.25, 0.3) is 0 Å². The van der Waals surface area contributed by atoms with Crippen molar-refractivity contribution in [2.75, 3.05) is 26.7 Å². The van der Waals surface area contributed by atoms with Gasteiger partial charge in [0.1, 0.15) is 0 Å². The molecule has 0 atom stereocenters. The second-order valence-corrected chi connectivity index (χ2v) is 6.82. The van der Waals surface area contributed by atoms with Crippen molar-refractivity contribution in [1.29, 1.82) is 5.26 Å². The quantitative estimate of drug-likeness (QED) is 0.700. The van der Waals surface area contributed by atoms with E-state index in [4.69, 9.17) is 10.00 Å². The first kappa shape index (κ1) is 19.4. The van der Waals surface area contributed by atoms with Crippen molar-refractivity contribution in [2.45, 2.75) is 51.2 Å². The fraction of sp³-hybridized carbons (Fsp3) is 0.600. The minimum atomic E-state index is 0.0359. The summed E-state index contributed by atoms with van der Waals surface area (Å²) in [5.41, 5.74) is 1.75. The standard InChI is InChI=1S/C20H29N3O2/c1-23(15-18-10-8-17(14-21)9-11-18)16-20(24)22-12-5-13-25-19-6-3-2-4-7-19/h8-11,19H,2-7,12-13,15-16H2,1H3,(H,22,24). The van der Waals surface area contributed by atoms with Gasteiger partial charge in [0.2, 0.25) is 5.91 Å². The highest BCUT2D eigenvalue weighted by Crippen LogP contribution is 2.20. The van der Waals surface area contributed by atoms with Crippen LogP contribution in [0.15, 0.2) is 24.3 Å². The topological polar surface area (TPSA) is 65.4 Å². The molecule has 1 aliphatic rings. The molecule has 0 heterocycles. The number of ether oxygens (including phenoxy) is 1. The molecule has 25 heavy (non-hydrogen) atoms. The third kappa shape index (κ3) is 7.68. The van der Waals surface area contributed by atoms with Gasteiger partial charge in [-0.05, 0) is 44.0 Å². The maximum Gasteiger partial charge on any atom is 0.234 e. The van der Waals surface area contributed by atoms with Gasteiger partial charge >= 0.3 is 0 Å². The Kier molecular flexibility index (Phi) is 8.44. The number of hydrogen-bond acceptors (Lipinski definition) is 4. The summed E-state index contributed by atoms with van der Waals surface area (Å²) in [6.45, 7) is 2.44.